The third-order valence-electron chi connectivity index (χ3n) is 4.58. The first kappa shape index (κ1) is 18.3. The van der Waals surface area contributed by atoms with Crippen LogP contribution in [0.1, 0.15) is 11.1 Å². The zero-order valence-electron chi connectivity index (χ0n) is 15.0. The van der Waals surface area contributed by atoms with E-state index >= 15 is 0 Å². The molecule has 1 aliphatic rings. The Morgan fingerprint density at radius 1 is 1.00 bits per heavy atom. The van der Waals surface area contributed by atoms with Gasteiger partial charge in [-0.15, -0.1) is 0 Å². The first-order valence-corrected chi connectivity index (χ1v) is 9.00. The maximum Gasteiger partial charge on any atom is 0.313 e. The van der Waals surface area contributed by atoms with Crippen LogP contribution < -0.4 is 10.2 Å². The molecule has 6 heteroatoms. The number of hydrogen-bond acceptors (Lipinski definition) is 3. The van der Waals surface area contributed by atoms with Gasteiger partial charge in [0.2, 0.25) is 0 Å². The lowest BCUT2D eigenvalue weighted by Crippen LogP contribution is -2.51. The minimum atomic E-state index is -0.626. The van der Waals surface area contributed by atoms with Crippen LogP contribution in [0.15, 0.2) is 42.5 Å². The van der Waals surface area contributed by atoms with Crippen LogP contribution in [0.4, 0.5) is 11.4 Å². The second kappa shape index (κ2) is 7.79. The zero-order chi connectivity index (χ0) is 18.7. The van der Waals surface area contributed by atoms with E-state index in [1.807, 2.05) is 19.1 Å². The number of nitrogens with one attached hydrogen (secondary N) is 1. The summed E-state index contributed by atoms with van der Waals surface area (Å²) in [4.78, 5) is 28.6. The third-order valence-corrected chi connectivity index (χ3v) is 4.81. The number of halogens is 1. The first-order chi connectivity index (χ1) is 12.4. The molecule has 0 saturated carbocycles. The van der Waals surface area contributed by atoms with Gasteiger partial charge in [0.25, 0.3) is 0 Å². The molecule has 5 nitrogen and oxygen atoms in total. The van der Waals surface area contributed by atoms with Gasteiger partial charge in [-0.25, -0.2) is 0 Å². The normalized spacial score (nSPS) is 14.3. The molecule has 2 amide bonds. The zero-order valence-corrected chi connectivity index (χ0v) is 15.7. The predicted octanol–water partition coefficient (Wildman–Crippen LogP) is 3.24. The van der Waals surface area contributed by atoms with Crippen molar-refractivity contribution in [1.82, 2.24) is 4.90 Å². The highest BCUT2D eigenvalue weighted by atomic mass is 35.5. The van der Waals surface area contributed by atoms with Gasteiger partial charge in [0.05, 0.1) is 0 Å². The predicted molar refractivity (Wildman–Crippen MR) is 105 cm³/mol. The number of carbonyl (C=O) groups is 2. The quantitative estimate of drug-likeness (QED) is 0.824. The van der Waals surface area contributed by atoms with E-state index in [4.69, 9.17) is 11.6 Å². The van der Waals surface area contributed by atoms with E-state index in [2.05, 4.69) is 35.3 Å². The van der Waals surface area contributed by atoms with Crippen LogP contribution in [0.3, 0.4) is 0 Å². The second-order valence-electron chi connectivity index (χ2n) is 6.53. The molecule has 0 spiro atoms. The molecule has 1 aliphatic heterocycles. The molecule has 0 radical (unpaired) electrons. The minimum Gasteiger partial charge on any atom is -0.368 e. The van der Waals surface area contributed by atoms with Crippen LogP contribution >= 0.6 is 11.6 Å². The van der Waals surface area contributed by atoms with Crippen LogP contribution in [0.5, 0.6) is 0 Å². The minimum absolute atomic E-state index is 0.506. The van der Waals surface area contributed by atoms with Crippen LogP contribution in [0, 0.1) is 13.8 Å². The van der Waals surface area contributed by atoms with Gasteiger partial charge in [0.15, 0.2) is 0 Å². The number of carbonyl (C=O) groups excluding carboxylic acids is 2. The number of aryl methyl sites for hydroxylation is 2. The Morgan fingerprint density at radius 2 is 1.73 bits per heavy atom. The van der Waals surface area contributed by atoms with Crippen molar-refractivity contribution in [2.75, 3.05) is 36.4 Å². The molecular weight excluding hydrogens is 350 g/mol. The van der Waals surface area contributed by atoms with Gasteiger partial charge in [-0.3, -0.25) is 9.59 Å². The van der Waals surface area contributed by atoms with Crippen molar-refractivity contribution in [3.8, 4) is 0 Å². The molecule has 2 aromatic rings. The highest BCUT2D eigenvalue weighted by Gasteiger charge is 2.26. The summed E-state index contributed by atoms with van der Waals surface area (Å²) in [6, 6.07) is 13.5. The van der Waals surface area contributed by atoms with Crippen molar-refractivity contribution >= 4 is 34.8 Å². The van der Waals surface area contributed by atoms with E-state index in [1.165, 1.54) is 5.56 Å². The average Bonchev–Trinajstić information content (AvgIpc) is 2.64. The van der Waals surface area contributed by atoms with Crippen molar-refractivity contribution in [2.45, 2.75) is 13.8 Å². The van der Waals surface area contributed by atoms with Crippen molar-refractivity contribution in [1.29, 1.82) is 0 Å². The molecular formula is C20H22ClN3O2. The SMILES string of the molecule is Cc1cccc(N2CCN(C(=O)C(=O)Nc3cc(Cl)ccc3C)CC2)c1. The Hall–Kier alpha value is -2.53. The molecule has 1 fully saturated rings. The Bertz CT molecular complexity index is 830. The van der Waals surface area contributed by atoms with Crippen molar-refractivity contribution in [2.24, 2.45) is 0 Å². The molecule has 1 saturated heterocycles. The molecule has 0 aromatic heterocycles. The Morgan fingerprint density at radius 3 is 2.42 bits per heavy atom. The van der Waals surface area contributed by atoms with Crippen molar-refractivity contribution in [3.63, 3.8) is 0 Å². The van der Waals surface area contributed by atoms with E-state index in [0.717, 1.165) is 11.3 Å². The molecule has 0 bridgehead atoms. The summed E-state index contributed by atoms with van der Waals surface area (Å²) in [6.45, 7) is 6.38. The van der Waals surface area contributed by atoms with Crippen LogP contribution in [-0.2, 0) is 9.59 Å². The number of amides is 2. The molecule has 0 aliphatic carbocycles. The third kappa shape index (κ3) is 4.17. The Labute approximate surface area is 158 Å². The fourth-order valence-electron chi connectivity index (χ4n) is 3.04. The summed E-state index contributed by atoms with van der Waals surface area (Å²) < 4.78 is 0. The monoisotopic (exact) mass is 371 g/mol. The number of rotatable bonds is 2. The molecule has 26 heavy (non-hydrogen) atoms. The fourth-order valence-corrected chi connectivity index (χ4v) is 3.21. The van der Waals surface area contributed by atoms with Crippen LogP contribution in [-0.4, -0.2) is 42.9 Å². The summed E-state index contributed by atoms with van der Waals surface area (Å²) in [5.41, 5.74) is 3.78. The van der Waals surface area contributed by atoms with E-state index in [1.54, 1.807) is 17.0 Å². The maximum absolute atomic E-state index is 12.5. The van der Waals surface area contributed by atoms with E-state index in [-0.39, 0.29) is 0 Å². The topological polar surface area (TPSA) is 52.7 Å². The van der Waals surface area contributed by atoms with Gasteiger partial charge >= 0.3 is 11.8 Å². The number of anilines is 2. The molecule has 0 unspecified atom stereocenters. The van der Waals surface area contributed by atoms with Crippen molar-refractivity contribution in [3.05, 3.63) is 58.6 Å². The standard InChI is InChI=1S/C20H22ClN3O2/c1-14-4-3-5-17(12-14)23-8-10-24(11-9-23)20(26)19(25)22-18-13-16(21)7-6-15(18)2/h3-7,12-13H,8-11H2,1-2H3,(H,22,25). The number of hydrogen-bond donors (Lipinski definition) is 1. The Balaban J connectivity index is 1.59. The maximum atomic E-state index is 12.5. The molecule has 1 heterocycles. The molecule has 136 valence electrons. The number of piperazine rings is 1. The summed E-state index contributed by atoms with van der Waals surface area (Å²) in [6.07, 6.45) is 0. The molecule has 1 N–H and O–H groups in total. The van der Waals surface area contributed by atoms with Crippen LogP contribution in [0.2, 0.25) is 5.02 Å². The largest absolute Gasteiger partial charge is 0.368 e. The van der Waals surface area contributed by atoms with Gasteiger partial charge in [-0.2, -0.15) is 0 Å². The van der Waals surface area contributed by atoms with Gasteiger partial charge in [-0.1, -0.05) is 29.8 Å². The van der Waals surface area contributed by atoms with Gasteiger partial charge < -0.3 is 15.1 Å². The van der Waals surface area contributed by atoms with Crippen molar-refractivity contribution < 1.29 is 9.59 Å². The Kier molecular flexibility index (Phi) is 5.47. The molecule has 3 rings (SSSR count). The summed E-state index contributed by atoms with van der Waals surface area (Å²) >= 11 is 5.96. The van der Waals surface area contributed by atoms with E-state index in [0.29, 0.717) is 36.9 Å². The lowest BCUT2D eigenvalue weighted by molar-refractivity contribution is -0.143. The fraction of sp³-hybridized carbons (Fsp3) is 0.300. The highest BCUT2D eigenvalue weighted by Crippen LogP contribution is 2.21. The average molecular weight is 372 g/mol. The lowest BCUT2D eigenvalue weighted by atomic mass is 10.2. The number of benzene rings is 2. The number of nitrogens with zero attached hydrogens (tertiary/aromatic N) is 2. The molecule has 2 aromatic carbocycles. The summed E-state index contributed by atoms with van der Waals surface area (Å²) in [5, 5.41) is 3.19. The highest BCUT2D eigenvalue weighted by molar-refractivity contribution is 6.40. The van der Waals surface area contributed by atoms with E-state index in [9.17, 15) is 9.59 Å². The van der Waals surface area contributed by atoms with Gasteiger partial charge in [0, 0.05) is 42.6 Å². The summed E-state index contributed by atoms with van der Waals surface area (Å²) in [5.74, 6) is -1.13. The van der Waals surface area contributed by atoms with Gasteiger partial charge in [0.1, 0.15) is 0 Å². The summed E-state index contributed by atoms with van der Waals surface area (Å²) in [7, 11) is 0. The molecule has 0 atom stereocenters. The lowest BCUT2D eigenvalue weighted by Gasteiger charge is -2.35. The first-order valence-electron chi connectivity index (χ1n) is 8.62. The van der Waals surface area contributed by atoms with E-state index < -0.39 is 11.8 Å². The van der Waals surface area contributed by atoms with Gasteiger partial charge in [-0.05, 0) is 49.2 Å². The second-order valence-corrected chi connectivity index (χ2v) is 6.97. The smallest absolute Gasteiger partial charge is 0.313 e. The van der Waals surface area contributed by atoms with Crippen LogP contribution in [0.25, 0.3) is 0 Å².